The molecule has 0 bridgehead atoms. The maximum atomic E-state index is 10.9. The van der Waals surface area contributed by atoms with Gasteiger partial charge in [0.2, 0.25) is 0 Å². The summed E-state index contributed by atoms with van der Waals surface area (Å²) < 4.78 is 5.01. The molecule has 0 rings (SSSR count). The Balaban J connectivity index is 4.15. The van der Waals surface area contributed by atoms with Crippen molar-refractivity contribution in [3.63, 3.8) is 0 Å². The van der Waals surface area contributed by atoms with Crippen molar-refractivity contribution in [2.24, 2.45) is 0 Å². The summed E-state index contributed by atoms with van der Waals surface area (Å²) in [4.78, 5) is 10.9. The van der Waals surface area contributed by atoms with E-state index in [0.717, 1.165) is 12.6 Å². The van der Waals surface area contributed by atoms with E-state index in [0.29, 0.717) is 6.61 Å². The van der Waals surface area contributed by atoms with Gasteiger partial charge in [-0.05, 0) is 0 Å². The molecule has 0 heterocycles. The first-order valence-corrected chi connectivity index (χ1v) is 10.9. The fraction of sp³-hybridized carbons (Fsp3) is 0.750. The van der Waals surface area contributed by atoms with Crippen molar-refractivity contribution >= 4 is 26.8 Å². The Kier molecular flexibility index (Phi) is 6.81. The van der Waals surface area contributed by atoms with Gasteiger partial charge in [0, 0.05) is 0 Å². The quantitative estimate of drug-likeness (QED) is 0.293. The molecule has 4 heteroatoms. The van der Waals surface area contributed by atoms with Gasteiger partial charge in [-0.1, -0.05) is 0 Å². The van der Waals surface area contributed by atoms with Gasteiger partial charge in [-0.3, -0.25) is 0 Å². The van der Waals surface area contributed by atoms with Gasteiger partial charge in [0.15, 0.2) is 0 Å². The average Bonchev–Trinajstić information content (AvgIpc) is 2.34. The molecule has 16 heavy (non-hydrogen) atoms. The van der Waals surface area contributed by atoms with Crippen LogP contribution in [0.1, 0.15) is 27.2 Å². The Morgan fingerprint density at radius 2 is 1.81 bits per heavy atom. The Bertz CT molecular complexity index is 238. The average molecular weight is 311 g/mol. The first-order valence-electron chi connectivity index (χ1n) is 5.95. The zero-order valence-corrected chi connectivity index (χ0v) is 13.1. The summed E-state index contributed by atoms with van der Waals surface area (Å²) in [6.07, 6.45) is 6.96. The predicted molar refractivity (Wildman–Crippen MR) is 78.1 cm³/mol. The van der Waals surface area contributed by atoms with Crippen LogP contribution >= 0.6 is 20.8 Å². The molecule has 0 saturated heterocycles. The molecule has 0 aromatic rings. The number of carbonyl (C=O) groups is 1. The molecule has 0 saturated carbocycles. The van der Waals surface area contributed by atoms with Crippen LogP contribution in [0.4, 0.5) is 0 Å². The molecule has 0 N–H and O–H groups in total. The van der Waals surface area contributed by atoms with E-state index in [9.17, 15) is 4.79 Å². The number of hydrogen-bond acceptors (Lipinski definition) is 2. The van der Waals surface area contributed by atoms with Gasteiger partial charge in [0.25, 0.3) is 0 Å². The molecule has 0 fully saturated rings. The molecule has 0 aromatic carbocycles. The third kappa shape index (κ3) is 4.55. The number of esters is 1. The molecule has 0 atom stereocenters. The molecule has 0 aliphatic heterocycles. The van der Waals surface area contributed by atoms with Gasteiger partial charge in [0.1, 0.15) is 0 Å². The van der Waals surface area contributed by atoms with Crippen molar-refractivity contribution in [3.05, 3.63) is 12.7 Å². The van der Waals surface area contributed by atoms with Crippen LogP contribution in [-0.4, -0.2) is 37.2 Å². The summed E-state index contributed by atoms with van der Waals surface area (Å²) >= 11 is 4.04. The van der Waals surface area contributed by atoms with Crippen LogP contribution in [0, 0.1) is 0 Å². The van der Waals surface area contributed by atoms with Crippen LogP contribution in [0.15, 0.2) is 12.7 Å². The Hall–Kier alpha value is 0.120. The van der Waals surface area contributed by atoms with E-state index in [-0.39, 0.29) is 5.97 Å². The maximum absolute atomic E-state index is 10.9. The predicted octanol–water partition coefficient (Wildman–Crippen LogP) is 4.03. The standard InChI is InChI=1S/C12H24BrO2P/c1-5-12(14)15-10-9-11-16(13,6-2,7-3)8-4/h5H,1,6-11H2,2-4H3. The summed E-state index contributed by atoms with van der Waals surface area (Å²) in [6.45, 7) is 10.7. The third-order valence-electron chi connectivity index (χ3n) is 3.64. The first kappa shape index (κ1) is 16.1. The van der Waals surface area contributed by atoms with Gasteiger partial charge >= 0.3 is 107 Å². The molecule has 96 valence electrons. The number of ether oxygens (including phenoxy) is 1. The van der Waals surface area contributed by atoms with Crippen molar-refractivity contribution < 1.29 is 9.53 Å². The fourth-order valence-electron chi connectivity index (χ4n) is 1.84. The Labute approximate surface area is 107 Å². The SMILES string of the molecule is C=CC(=O)OCCCP(Br)(CC)(CC)CC. The molecular formula is C12H24BrO2P. The van der Waals surface area contributed by atoms with E-state index in [1.165, 1.54) is 24.6 Å². The van der Waals surface area contributed by atoms with Gasteiger partial charge < -0.3 is 0 Å². The minimum absolute atomic E-state index is 0.320. The van der Waals surface area contributed by atoms with E-state index in [2.05, 4.69) is 42.8 Å². The molecule has 0 radical (unpaired) electrons. The van der Waals surface area contributed by atoms with Crippen LogP contribution in [-0.2, 0) is 9.53 Å². The first-order chi connectivity index (χ1) is 7.43. The number of halogens is 1. The Morgan fingerprint density at radius 3 is 2.19 bits per heavy atom. The molecule has 2 nitrogen and oxygen atoms in total. The van der Waals surface area contributed by atoms with Gasteiger partial charge in [-0.2, -0.15) is 0 Å². The molecular weight excluding hydrogens is 287 g/mol. The minimum atomic E-state index is -1.67. The summed E-state index contributed by atoms with van der Waals surface area (Å²) in [5.41, 5.74) is 0. The molecule has 0 spiro atoms. The second-order valence-electron chi connectivity index (χ2n) is 4.22. The molecule has 0 unspecified atom stereocenters. The van der Waals surface area contributed by atoms with Crippen LogP contribution in [0.5, 0.6) is 0 Å². The van der Waals surface area contributed by atoms with Crippen LogP contribution < -0.4 is 0 Å². The summed E-state index contributed by atoms with van der Waals surface area (Å²) in [5.74, 6) is -0.320. The van der Waals surface area contributed by atoms with Crippen LogP contribution in [0.2, 0.25) is 0 Å². The van der Waals surface area contributed by atoms with Crippen LogP contribution in [0.3, 0.4) is 0 Å². The van der Waals surface area contributed by atoms with Gasteiger partial charge in [-0.25, -0.2) is 0 Å². The summed E-state index contributed by atoms with van der Waals surface area (Å²) in [7, 11) is 0. The zero-order valence-electron chi connectivity index (χ0n) is 10.7. The van der Waals surface area contributed by atoms with Crippen LogP contribution in [0.25, 0.3) is 0 Å². The molecule has 0 aliphatic rings. The number of rotatable bonds is 8. The van der Waals surface area contributed by atoms with Crippen molar-refractivity contribution in [2.45, 2.75) is 27.2 Å². The molecule has 0 aromatic heterocycles. The monoisotopic (exact) mass is 310 g/mol. The van der Waals surface area contributed by atoms with E-state index in [1.807, 2.05) is 0 Å². The van der Waals surface area contributed by atoms with E-state index in [1.54, 1.807) is 0 Å². The van der Waals surface area contributed by atoms with E-state index >= 15 is 0 Å². The number of hydrogen-bond donors (Lipinski definition) is 0. The van der Waals surface area contributed by atoms with E-state index < -0.39 is 5.31 Å². The number of carbonyl (C=O) groups excluding carboxylic acids is 1. The second-order valence-corrected chi connectivity index (χ2v) is 16.2. The zero-order chi connectivity index (χ0) is 12.7. The van der Waals surface area contributed by atoms with E-state index in [4.69, 9.17) is 4.74 Å². The Morgan fingerprint density at radius 1 is 1.31 bits per heavy atom. The molecule has 0 amide bonds. The third-order valence-corrected chi connectivity index (χ3v) is 15.4. The summed E-state index contributed by atoms with van der Waals surface area (Å²) in [5, 5.41) is -1.67. The normalized spacial score (nSPS) is 13.9. The fourth-order valence-corrected chi connectivity index (χ4v) is 5.80. The van der Waals surface area contributed by atoms with Crippen molar-refractivity contribution in [3.8, 4) is 0 Å². The summed E-state index contributed by atoms with van der Waals surface area (Å²) in [6, 6.07) is 0. The van der Waals surface area contributed by atoms with Gasteiger partial charge in [-0.15, -0.1) is 0 Å². The second kappa shape index (κ2) is 6.76. The topological polar surface area (TPSA) is 26.3 Å². The van der Waals surface area contributed by atoms with Crippen molar-refractivity contribution in [1.82, 2.24) is 0 Å². The molecule has 0 aliphatic carbocycles. The van der Waals surface area contributed by atoms with Crippen molar-refractivity contribution in [2.75, 3.05) is 31.3 Å². The van der Waals surface area contributed by atoms with Gasteiger partial charge in [0.05, 0.1) is 0 Å². The van der Waals surface area contributed by atoms with Crippen molar-refractivity contribution in [1.29, 1.82) is 0 Å².